The van der Waals surface area contributed by atoms with E-state index < -0.39 is 6.10 Å². The number of aromatic nitrogens is 3. The number of likely N-dealkylation sites (N-methyl/N-ethyl adjacent to an activating group) is 1. The fourth-order valence-corrected chi connectivity index (χ4v) is 4.13. The molecule has 0 aliphatic carbocycles. The molecule has 0 saturated carbocycles. The van der Waals surface area contributed by atoms with E-state index in [0.717, 1.165) is 54.0 Å². The number of methoxy groups -OCH3 is 1. The van der Waals surface area contributed by atoms with E-state index in [0.29, 0.717) is 24.1 Å². The first-order chi connectivity index (χ1) is 16.5. The van der Waals surface area contributed by atoms with E-state index in [9.17, 15) is 5.11 Å². The second-order valence-electron chi connectivity index (χ2n) is 8.93. The molecular formula is C25H35N5O4. The largest absolute Gasteiger partial charge is 0.497 e. The lowest BCUT2D eigenvalue weighted by molar-refractivity contribution is 0.0905. The fraction of sp³-hybridized carbons (Fsp3) is 0.520. The van der Waals surface area contributed by atoms with Gasteiger partial charge in [0, 0.05) is 49.2 Å². The van der Waals surface area contributed by atoms with Gasteiger partial charge in [0.1, 0.15) is 24.2 Å². The Balaban J connectivity index is 1.73. The van der Waals surface area contributed by atoms with Crippen molar-refractivity contribution in [1.29, 1.82) is 0 Å². The van der Waals surface area contributed by atoms with Crippen LogP contribution in [0.15, 0.2) is 30.5 Å². The van der Waals surface area contributed by atoms with Crippen molar-refractivity contribution < 1.29 is 19.3 Å². The van der Waals surface area contributed by atoms with Crippen LogP contribution in [0.1, 0.15) is 32.7 Å². The van der Waals surface area contributed by atoms with Crippen LogP contribution in [-0.4, -0.2) is 72.5 Å². The molecular weight excluding hydrogens is 434 g/mol. The highest BCUT2D eigenvalue weighted by Gasteiger charge is 2.19. The van der Waals surface area contributed by atoms with E-state index in [1.807, 2.05) is 29.1 Å². The maximum atomic E-state index is 10.0. The van der Waals surface area contributed by atoms with Crippen molar-refractivity contribution in [2.24, 2.45) is 0 Å². The van der Waals surface area contributed by atoms with Crippen molar-refractivity contribution in [3.8, 4) is 22.8 Å². The molecule has 3 aromatic rings. The highest BCUT2D eigenvalue weighted by Crippen LogP contribution is 2.34. The zero-order valence-electron chi connectivity index (χ0n) is 20.4. The minimum absolute atomic E-state index is 0.175. The average Bonchev–Trinajstić information content (AvgIpc) is 3.28. The first kappa shape index (κ1) is 24.3. The second-order valence-corrected chi connectivity index (χ2v) is 8.93. The first-order valence-corrected chi connectivity index (χ1v) is 11.9. The third kappa shape index (κ3) is 5.60. The Morgan fingerprint density at radius 2 is 1.94 bits per heavy atom. The number of ether oxygens (including phenoxy) is 3. The summed E-state index contributed by atoms with van der Waals surface area (Å²) in [5.41, 5.74) is 3.50. The van der Waals surface area contributed by atoms with Crippen molar-refractivity contribution in [1.82, 2.24) is 20.1 Å². The van der Waals surface area contributed by atoms with Crippen molar-refractivity contribution in [3.63, 3.8) is 0 Å². The zero-order chi connectivity index (χ0) is 24.1. The van der Waals surface area contributed by atoms with E-state index in [4.69, 9.17) is 19.2 Å². The van der Waals surface area contributed by atoms with E-state index >= 15 is 0 Å². The number of benzene rings is 1. The Morgan fingerprint density at radius 3 is 2.65 bits per heavy atom. The van der Waals surface area contributed by atoms with Crippen molar-refractivity contribution in [2.75, 3.05) is 45.8 Å². The summed E-state index contributed by atoms with van der Waals surface area (Å²) in [4.78, 5) is 4.99. The van der Waals surface area contributed by atoms with Crippen LogP contribution in [0.25, 0.3) is 22.3 Å². The highest BCUT2D eigenvalue weighted by molar-refractivity contribution is 5.92. The van der Waals surface area contributed by atoms with E-state index in [1.54, 1.807) is 14.2 Å². The number of hydrogen-bond donors (Lipinski definition) is 3. The summed E-state index contributed by atoms with van der Waals surface area (Å²) in [5.74, 6) is 1.27. The smallest absolute Gasteiger partial charge is 0.160 e. The molecule has 3 heterocycles. The standard InChI is InChI=1S/C25H35N5O4/c1-16(2)30-25-22(14-27-30)24(28-18-5-7-33-8-6-18)12-23(29-25)17-9-20(32-4)11-21(10-17)34-15-19(31)13-26-3/h9-12,14,16,18-19,26,31H,5-8,13,15H2,1-4H3,(H,28,29). The molecule has 3 N–H and O–H groups in total. The quantitative estimate of drug-likeness (QED) is 0.416. The number of rotatable bonds is 10. The van der Waals surface area contributed by atoms with E-state index in [1.165, 1.54) is 0 Å². The molecule has 0 radical (unpaired) electrons. The van der Waals surface area contributed by atoms with Gasteiger partial charge in [-0.25, -0.2) is 9.67 Å². The SMILES string of the molecule is CNCC(O)COc1cc(OC)cc(-c2cc(NC3CCOCC3)c3cnn(C(C)C)c3n2)c1. The number of aliphatic hydroxyl groups excluding tert-OH is 1. The lowest BCUT2D eigenvalue weighted by Crippen LogP contribution is -2.29. The number of fused-ring (bicyclic) bond motifs is 1. The van der Waals surface area contributed by atoms with Gasteiger partial charge in [0.05, 0.1) is 24.4 Å². The van der Waals surface area contributed by atoms with Gasteiger partial charge >= 0.3 is 0 Å². The first-order valence-electron chi connectivity index (χ1n) is 11.9. The molecule has 9 heteroatoms. The summed E-state index contributed by atoms with van der Waals surface area (Å²) in [6.45, 7) is 6.35. The molecule has 4 rings (SSSR count). The third-order valence-corrected chi connectivity index (χ3v) is 5.93. The van der Waals surface area contributed by atoms with Gasteiger partial charge in [0.25, 0.3) is 0 Å². The molecule has 1 atom stereocenters. The molecule has 1 unspecified atom stereocenters. The lowest BCUT2D eigenvalue weighted by Gasteiger charge is -2.24. The Bertz CT molecular complexity index is 1090. The maximum absolute atomic E-state index is 10.0. The lowest BCUT2D eigenvalue weighted by atomic mass is 10.1. The van der Waals surface area contributed by atoms with Gasteiger partial charge in [-0.05, 0) is 51.9 Å². The summed E-state index contributed by atoms with van der Waals surface area (Å²) in [6.07, 6.45) is 3.20. The normalized spacial score (nSPS) is 15.6. The van der Waals surface area contributed by atoms with Gasteiger partial charge in [0.2, 0.25) is 0 Å². The summed E-state index contributed by atoms with van der Waals surface area (Å²) in [7, 11) is 3.42. The van der Waals surface area contributed by atoms with Gasteiger partial charge in [-0.15, -0.1) is 0 Å². The molecule has 1 aliphatic rings. The molecule has 1 aromatic carbocycles. The van der Waals surface area contributed by atoms with Crippen molar-refractivity contribution >= 4 is 16.7 Å². The highest BCUT2D eigenvalue weighted by atomic mass is 16.5. The summed E-state index contributed by atoms with van der Waals surface area (Å²) >= 11 is 0. The maximum Gasteiger partial charge on any atom is 0.160 e. The molecule has 34 heavy (non-hydrogen) atoms. The summed E-state index contributed by atoms with van der Waals surface area (Å²) < 4.78 is 18.9. The van der Waals surface area contributed by atoms with Crippen LogP contribution in [0, 0.1) is 0 Å². The van der Waals surface area contributed by atoms with Crippen LogP contribution < -0.4 is 20.1 Å². The fourth-order valence-electron chi connectivity index (χ4n) is 4.13. The monoisotopic (exact) mass is 469 g/mol. The number of aliphatic hydroxyl groups is 1. The minimum Gasteiger partial charge on any atom is -0.497 e. The van der Waals surface area contributed by atoms with Crippen LogP contribution in [0.4, 0.5) is 5.69 Å². The van der Waals surface area contributed by atoms with Crippen LogP contribution in [0.3, 0.4) is 0 Å². The Kier molecular flexibility index (Phi) is 7.87. The summed E-state index contributed by atoms with van der Waals surface area (Å²) in [5, 5.41) is 22.3. The van der Waals surface area contributed by atoms with Gasteiger partial charge in [-0.2, -0.15) is 5.10 Å². The van der Waals surface area contributed by atoms with Crippen molar-refractivity contribution in [3.05, 3.63) is 30.5 Å². The van der Waals surface area contributed by atoms with Crippen LogP contribution in [0.5, 0.6) is 11.5 Å². The van der Waals surface area contributed by atoms with E-state index in [2.05, 4.69) is 35.6 Å². The molecule has 2 aromatic heterocycles. The van der Waals surface area contributed by atoms with Gasteiger partial charge in [-0.1, -0.05) is 0 Å². The molecule has 184 valence electrons. The minimum atomic E-state index is -0.607. The van der Waals surface area contributed by atoms with Crippen molar-refractivity contribution in [2.45, 2.75) is 44.9 Å². The molecule has 9 nitrogen and oxygen atoms in total. The Morgan fingerprint density at radius 1 is 1.18 bits per heavy atom. The van der Waals surface area contributed by atoms with Gasteiger partial charge in [-0.3, -0.25) is 0 Å². The number of nitrogens with one attached hydrogen (secondary N) is 2. The van der Waals surface area contributed by atoms with Gasteiger partial charge in [0.15, 0.2) is 5.65 Å². The van der Waals surface area contributed by atoms with E-state index in [-0.39, 0.29) is 12.6 Å². The Labute approximate surface area is 200 Å². The van der Waals surface area contributed by atoms with Gasteiger partial charge < -0.3 is 30.0 Å². The zero-order valence-corrected chi connectivity index (χ0v) is 20.4. The molecule has 1 fully saturated rings. The van der Waals surface area contributed by atoms with Crippen LogP contribution in [0.2, 0.25) is 0 Å². The number of hydrogen-bond acceptors (Lipinski definition) is 8. The molecule has 1 saturated heterocycles. The molecule has 1 aliphatic heterocycles. The third-order valence-electron chi connectivity index (χ3n) is 5.93. The predicted molar refractivity (Wildman–Crippen MR) is 133 cm³/mol. The topological polar surface area (TPSA) is 103 Å². The molecule has 0 spiro atoms. The summed E-state index contributed by atoms with van der Waals surface area (Å²) in [6, 6.07) is 8.27. The predicted octanol–water partition coefficient (Wildman–Crippen LogP) is 3.24. The number of anilines is 1. The Hall–Kier alpha value is -2.88. The molecule has 0 amide bonds. The number of pyridine rings is 1. The number of nitrogens with zero attached hydrogens (tertiary/aromatic N) is 3. The molecule has 0 bridgehead atoms. The van der Waals surface area contributed by atoms with Crippen LogP contribution in [-0.2, 0) is 4.74 Å². The average molecular weight is 470 g/mol. The second kappa shape index (κ2) is 11.0. The van der Waals surface area contributed by atoms with Crippen LogP contribution >= 0.6 is 0 Å².